The molecule has 4 aromatic rings. The quantitative estimate of drug-likeness (QED) is 0.415. The van der Waals surface area contributed by atoms with Crippen LogP contribution >= 0.6 is 12.4 Å². The van der Waals surface area contributed by atoms with E-state index in [-0.39, 0.29) is 23.6 Å². The molecular formula is C25H27ClN8O. The third kappa shape index (κ3) is 4.75. The summed E-state index contributed by atoms with van der Waals surface area (Å²) in [5.74, 6) is 1.11. The molecule has 1 aliphatic rings. The smallest absolute Gasteiger partial charge is 0.130 e. The highest BCUT2D eigenvalue weighted by molar-refractivity contribution is 5.85. The Balaban J connectivity index is 0.00000289. The number of aryl methyl sites for hydroxylation is 1. The Bertz CT molecular complexity index is 1420. The molecule has 0 bridgehead atoms. The summed E-state index contributed by atoms with van der Waals surface area (Å²) < 4.78 is 3.41. The van der Waals surface area contributed by atoms with Gasteiger partial charge in [0.1, 0.15) is 28.8 Å². The molecular weight excluding hydrogens is 464 g/mol. The Labute approximate surface area is 209 Å². The van der Waals surface area contributed by atoms with Gasteiger partial charge < -0.3 is 9.69 Å². The van der Waals surface area contributed by atoms with E-state index in [0.29, 0.717) is 28.9 Å². The maximum Gasteiger partial charge on any atom is 0.130 e. The van der Waals surface area contributed by atoms with Gasteiger partial charge in [-0.3, -0.25) is 4.68 Å². The van der Waals surface area contributed by atoms with Crippen molar-refractivity contribution in [3.8, 4) is 28.6 Å². The van der Waals surface area contributed by atoms with Gasteiger partial charge in [-0.15, -0.1) is 12.4 Å². The van der Waals surface area contributed by atoms with Gasteiger partial charge in [-0.2, -0.15) is 15.5 Å². The summed E-state index contributed by atoms with van der Waals surface area (Å²) in [5.41, 5.74) is 4.10. The van der Waals surface area contributed by atoms with Crippen molar-refractivity contribution >= 4 is 29.5 Å². The number of aromatic nitrogens is 6. The van der Waals surface area contributed by atoms with Crippen LogP contribution in [0.1, 0.15) is 38.7 Å². The second-order valence-electron chi connectivity index (χ2n) is 9.46. The number of carbonyl (C=O) groups is 1. The van der Waals surface area contributed by atoms with Gasteiger partial charge in [0.25, 0.3) is 0 Å². The molecule has 1 atom stereocenters. The second-order valence-corrected chi connectivity index (χ2v) is 9.46. The maximum atomic E-state index is 11.8. The van der Waals surface area contributed by atoms with Crippen LogP contribution in [0.5, 0.6) is 0 Å². The number of rotatable bonds is 5. The maximum absolute atomic E-state index is 11.8. The first-order valence-electron chi connectivity index (χ1n) is 11.3. The van der Waals surface area contributed by atoms with Crippen molar-refractivity contribution in [1.82, 2.24) is 29.4 Å². The number of anilines is 1. The number of piperidine rings is 1. The van der Waals surface area contributed by atoms with Crippen LogP contribution in [0, 0.1) is 16.7 Å². The molecule has 1 aliphatic heterocycles. The normalized spacial score (nSPS) is 17.7. The van der Waals surface area contributed by atoms with Crippen LogP contribution in [0.2, 0.25) is 0 Å². The predicted octanol–water partition coefficient (Wildman–Crippen LogP) is 4.07. The summed E-state index contributed by atoms with van der Waals surface area (Å²) in [4.78, 5) is 23.6. The van der Waals surface area contributed by atoms with E-state index in [1.165, 1.54) is 0 Å². The van der Waals surface area contributed by atoms with Gasteiger partial charge in [0, 0.05) is 50.1 Å². The van der Waals surface area contributed by atoms with E-state index in [0.717, 1.165) is 42.9 Å². The van der Waals surface area contributed by atoms with Crippen molar-refractivity contribution in [2.45, 2.75) is 33.1 Å². The number of halogens is 1. The summed E-state index contributed by atoms with van der Waals surface area (Å²) in [5, 5.41) is 18.2. The predicted molar refractivity (Wildman–Crippen MR) is 135 cm³/mol. The largest absolute Gasteiger partial charge is 0.356 e. The SMILES string of the molecule is CC(=O)CC1(C)CCCN(c2ccc(-c3nc(-c4cnn(C)c4)cn4ncc(C#N)c34)cn2)C1.Cl. The minimum Gasteiger partial charge on any atom is -0.356 e. The van der Waals surface area contributed by atoms with Gasteiger partial charge in [0.2, 0.25) is 0 Å². The molecule has 4 aromatic heterocycles. The van der Waals surface area contributed by atoms with Crippen LogP contribution in [0.15, 0.2) is 43.1 Å². The lowest BCUT2D eigenvalue weighted by Gasteiger charge is -2.40. The molecule has 35 heavy (non-hydrogen) atoms. The van der Waals surface area contributed by atoms with E-state index in [1.54, 1.807) is 34.7 Å². The van der Waals surface area contributed by atoms with Gasteiger partial charge in [-0.1, -0.05) is 6.92 Å². The summed E-state index contributed by atoms with van der Waals surface area (Å²) in [6.45, 7) is 5.57. The number of hydrogen-bond acceptors (Lipinski definition) is 7. The second kappa shape index (κ2) is 9.47. The number of hydrogen-bond donors (Lipinski definition) is 0. The molecule has 5 heterocycles. The van der Waals surface area contributed by atoms with Crippen LogP contribution in [-0.2, 0) is 11.8 Å². The standard InChI is InChI=1S/C25H26N8O.ClH/c1-17(34)9-25(2)7-4-8-32(16-25)22-6-5-18(11-27-22)23-24-19(10-26)12-29-33(24)15-21(30-23)20-13-28-31(3)14-20;/h5-6,11-15H,4,7-9,16H2,1-3H3;1H. The molecule has 0 spiro atoms. The highest BCUT2D eigenvalue weighted by atomic mass is 35.5. The van der Waals surface area contributed by atoms with Gasteiger partial charge >= 0.3 is 0 Å². The Kier molecular flexibility index (Phi) is 6.59. The van der Waals surface area contributed by atoms with Crippen LogP contribution in [0.3, 0.4) is 0 Å². The molecule has 0 amide bonds. The van der Waals surface area contributed by atoms with Crippen LogP contribution in [-0.4, -0.2) is 48.2 Å². The van der Waals surface area contributed by atoms with E-state index in [4.69, 9.17) is 9.97 Å². The van der Waals surface area contributed by atoms with Gasteiger partial charge in [0.15, 0.2) is 0 Å². The zero-order chi connectivity index (χ0) is 23.9. The monoisotopic (exact) mass is 490 g/mol. The molecule has 0 saturated carbocycles. The van der Waals surface area contributed by atoms with Crippen LogP contribution in [0.4, 0.5) is 5.82 Å². The molecule has 5 rings (SSSR count). The third-order valence-corrected chi connectivity index (χ3v) is 6.42. The minimum atomic E-state index is -0.0322. The molecule has 0 N–H and O–H groups in total. The van der Waals surface area contributed by atoms with Crippen molar-refractivity contribution in [2.75, 3.05) is 18.0 Å². The summed E-state index contributed by atoms with van der Waals surface area (Å²) >= 11 is 0. The topological polar surface area (TPSA) is 105 Å². The fourth-order valence-corrected chi connectivity index (χ4v) is 4.96. The number of pyridine rings is 1. The third-order valence-electron chi connectivity index (χ3n) is 6.42. The average Bonchev–Trinajstić information content (AvgIpc) is 3.43. The Morgan fingerprint density at radius 1 is 1.17 bits per heavy atom. The van der Waals surface area contributed by atoms with Gasteiger partial charge in [-0.05, 0) is 37.3 Å². The van der Waals surface area contributed by atoms with Crippen molar-refractivity contribution in [3.63, 3.8) is 0 Å². The number of ketones is 1. The number of fused-ring (bicyclic) bond motifs is 1. The zero-order valence-electron chi connectivity index (χ0n) is 20.0. The molecule has 9 nitrogen and oxygen atoms in total. The van der Waals surface area contributed by atoms with Gasteiger partial charge in [-0.25, -0.2) is 14.5 Å². The lowest BCUT2D eigenvalue weighted by atomic mass is 9.78. The van der Waals surface area contributed by atoms with Gasteiger partial charge in [0.05, 0.1) is 30.0 Å². The molecule has 0 aromatic carbocycles. The molecule has 10 heteroatoms. The van der Waals surface area contributed by atoms with E-state index in [9.17, 15) is 10.1 Å². The zero-order valence-corrected chi connectivity index (χ0v) is 20.8. The molecule has 0 radical (unpaired) electrons. The number of nitrogens with zero attached hydrogens (tertiary/aromatic N) is 8. The lowest BCUT2D eigenvalue weighted by molar-refractivity contribution is -0.119. The number of Topliss-reactive ketones (excluding diaryl/α,β-unsaturated/α-hetero) is 1. The molecule has 180 valence electrons. The molecule has 1 unspecified atom stereocenters. The van der Waals surface area contributed by atoms with E-state index >= 15 is 0 Å². The summed E-state index contributed by atoms with van der Waals surface area (Å²) in [6.07, 6.45) is 11.5. The highest BCUT2D eigenvalue weighted by Crippen LogP contribution is 2.35. The molecule has 0 aliphatic carbocycles. The number of nitriles is 1. The van der Waals surface area contributed by atoms with Crippen LogP contribution in [0.25, 0.3) is 28.0 Å². The lowest BCUT2D eigenvalue weighted by Crippen LogP contribution is -2.43. The van der Waals surface area contributed by atoms with E-state index < -0.39 is 0 Å². The minimum absolute atomic E-state index is 0. The van der Waals surface area contributed by atoms with Crippen molar-refractivity contribution in [2.24, 2.45) is 12.5 Å². The first-order valence-corrected chi connectivity index (χ1v) is 11.3. The Morgan fingerprint density at radius 3 is 2.66 bits per heavy atom. The number of carbonyl (C=O) groups excluding carboxylic acids is 1. The van der Waals surface area contributed by atoms with E-state index in [1.807, 2.05) is 31.6 Å². The Morgan fingerprint density at radius 2 is 2.00 bits per heavy atom. The van der Waals surface area contributed by atoms with E-state index in [2.05, 4.69) is 28.1 Å². The average molecular weight is 491 g/mol. The van der Waals surface area contributed by atoms with Crippen LogP contribution < -0.4 is 4.90 Å². The first-order chi connectivity index (χ1) is 16.3. The first kappa shape index (κ1) is 24.4. The summed E-state index contributed by atoms with van der Waals surface area (Å²) in [6, 6.07) is 6.20. The van der Waals surface area contributed by atoms with Crippen molar-refractivity contribution < 1.29 is 4.79 Å². The molecule has 1 saturated heterocycles. The fourth-order valence-electron chi connectivity index (χ4n) is 4.96. The summed E-state index contributed by atoms with van der Waals surface area (Å²) in [7, 11) is 1.86. The molecule has 1 fully saturated rings. The van der Waals surface area contributed by atoms with Crippen molar-refractivity contribution in [1.29, 1.82) is 5.26 Å². The Hall–Kier alpha value is -3.77. The highest BCUT2D eigenvalue weighted by Gasteiger charge is 2.32. The fraction of sp³-hybridized carbons (Fsp3) is 0.360. The van der Waals surface area contributed by atoms with Crippen molar-refractivity contribution in [3.05, 3.63) is 48.7 Å².